The first-order chi connectivity index (χ1) is 12.4. The molecule has 0 saturated carbocycles. The van der Waals surface area contributed by atoms with Crippen LogP contribution in [0.2, 0.25) is 5.02 Å². The number of anilines is 2. The topological polar surface area (TPSA) is 83.4 Å². The van der Waals surface area contributed by atoms with Crippen LogP contribution < -0.4 is 16.2 Å². The number of pyridine rings is 1. The van der Waals surface area contributed by atoms with Crippen LogP contribution >= 0.6 is 11.6 Å². The zero-order valence-corrected chi connectivity index (χ0v) is 15.0. The van der Waals surface area contributed by atoms with Gasteiger partial charge in [0, 0.05) is 23.1 Å². The fraction of sp³-hybridized carbons (Fsp3) is 0.158. The number of para-hydroxylation sites is 1. The van der Waals surface area contributed by atoms with E-state index in [9.17, 15) is 14.7 Å². The number of aliphatic hydroxyl groups excluding tert-OH is 1. The predicted octanol–water partition coefficient (Wildman–Crippen LogP) is 3.01. The Morgan fingerprint density at radius 3 is 2.46 bits per heavy atom. The molecule has 3 rings (SSSR count). The van der Waals surface area contributed by atoms with E-state index in [4.69, 9.17) is 11.6 Å². The first kappa shape index (κ1) is 18.0. The molecule has 134 valence electrons. The lowest BCUT2D eigenvalue weighted by Gasteiger charge is -2.19. The maximum atomic E-state index is 13.2. The van der Waals surface area contributed by atoms with Gasteiger partial charge in [-0.25, -0.2) is 0 Å². The number of rotatable bonds is 4. The van der Waals surface area contributed by atoms with Crippen molar-refractivity contribution < 1.29 is 9.90 Å². The quantitative estimate of drug-likeness (QED) is 0.658. The number of carbonyl (C=O) groups excluding carboxylic acids is 1. The third-order valence-electron chi connectivity index (χ3n) is 4.03. The van der Waals surface area contributed by atoms with Crippen molar-refractivity contribution in [1.29, 1.82) is 0 Å². The molecule has 26 heavy (non-hydrogen) atoms. The maximum absolute atomic E-state index is 13.2. The zero-order chi connectivity index (χ0) is 18.8. The summed E-state index contributed by atoms with van der Waals surface area (Å²) < 4.78 is 1.49. The molecule has 1 unspecified atom stereocenters. The number of nitrogens with zero attached hydrogens (tertiary/aromatic N) is 1. The van der Waals surface area contributed by atoms with Crippen molar-refractivity contribution in [2.45, 2.75) is 13.0 Å². The Labute approximate surface area is 155 Å². The molecule has 0 fully saturated rings. The van der Waals surface area contributed by atoms with E-state index in [-0.39, 0.29) is 5.69 Å². The Balaban J connectivity index is 2.41. The molecule has 0 aliphatic rings. The number of aromatic nitrogens is 1. The van der Waals surface area contributed by atoms with Gasteiger partial charge in [-0.3, -0.25) is 14.2 Å². The Bertz CT molecular complexity index is 1030. The van der Waals surface area contributed by atoms with Crippen LogP contribution in [0.5, 0.6) is 0 Å². The van der Waals surface area contributed by atoms with Crippen LogP contribution in [-0.4, -0.2) is 28.7 Å². The summed E-state index contributed by atoms with van der Waals surface area (Å²) in [5.41, 5.74) is 1.34. The van der Waals surface area contributed by atoms with Crippen molar-refractivity contribution in [2.24, 2.45) is 0 Å². The van der Waals surface area contributed by atoms with Gasteiger partial charge in [0.15, 0.2) is 0 Å². The monoisotopic (exact) mass is 371 g/mol. The molecule has 0 radical (unpaired) electrons. The smallest absolute Gasteiger partial charge is 0.281 e. The normalized spacial score (nSPS) is 12.0. The Kier molecular flexibility index (Phi) is 4.97. The fourth-order valence-electron chi connectivity index (χ4n) is 2.80. The molecule has 2 aromatic carbocycles. The summed E-state index contributed by atoms with van der Waals surface area (Å²) in [4.78, 5) is 25.2. The fourth-order valence-corrected chi connectivity index (χ4v) is 2.97. The second-order valence-electron chi connectivity index (χ2n) is 5.80. The van der Waals surface area contributed by atoms with Crippen LogP contribution in [0.25, 0.3) is 16.6 Å². The van der Waals surface area contributed by atoms with Crippen LogP contribution in [0.15, 0.2) is 53.3 Å². The minimum atomic E-state index is -1.25. The van der Waals surface area contributed by atoms with E-state index < -0.39 is 17.6 Å². The van der Waals surface area contributed by atoms with Gasteiger partial charge in [-0.05, 0) is 37.3 Å². The van der Waals surface area contributed by atoms with Gasteiger partial charge in [-0.15, -0.1) is 0 Å². The van der Waals surface area contributed by atoms with E-state index in [0.29, 0.717) is 27.3 Å². The van der Waals surface area contributed by atoms with Crippen LogP contribution in [0.3, 0.4) is 0 Å². The van der Waals surface area contributed by atoms with Crippen molar-refractivity contribution in [3.05, 3.63) is 63.9 Å². The summed E-state index contributed by atoms with van der Waals surface area (Å²) in [5, 5.41) is 16.2. The number of nitrogens with one attached hydrogen (secondary N) is 2. The molecule has 1 heterocycles. The van der Waals surface area contributed by atoms with Crippen LogP contribution in [0, 0.1) is 0 Å². The second-order valence-corrected chi connectivity index (χ2v) is 6.24. The number of amides is 1. The highest BCUT2D eigenvalue weighted by Gasteiger charge is 2.20. The Morgan fingerprint density at radius 2 is 1.85 bits per heavy atom. The van der Waals surface area contributed by atoms with E-state index in [0.717, 1.165) is 0 Å². The SMILES string of the molecule is CNc1c(NC(=O)C(C)O)c(=O)n(-c2ccccc2)c2cc(Cl)ccc12. The van der Waals surface area contributed by atoms with Crippen LogP contribution in [0.1, 0.15) is 6.92 Å². The summed E-state index contributed by atoms with van der Waals surface area (Å²) in [5.74, 6) is -0.661. The van der Waals surface area contributed by atoms with Crippen molar-refractivity contribution in [3.8, 4) is 5.69 Å². The lowest BCUT2D eigenvalue weighted by molar-refractivity contribution is -0.123. The van der Waals surface area contributed by atoms with Crippen molar-refractivity contribution in [2.75, 3.05) is 17.7 Å². The van der Waals surface area contributed by atoms with Gasteiger partial charge in [0.2, 0.25) is 0 Å². The van der Waals surface area contributed by atoms with Gasteiger partial charge in [-0.2, -0.15) is 0 Å². The molecule has 6 nitrogen and oxygen atoms in total. The number of aliphatic hydroxyl groups is 1. The molecular formula is C19H18ClN3O3. The maximum Gasteiger partial charge on any atom is 0.281 e. The summed E-state index contributed by atoms with van der Waals surface area (Å²) in [6, 6.07) is 14.3. The van der Waals surface area contributed by atoms with E-state index in [1.54, 1.807) is 37.4 Å². The average molecular weight is 372 g/mol. The molecular weight excluding hydrogens is 354 g/mol. The minimum Gasteiger partial charge on any atom is -0.386 e. The van der Waals surface area contributed by atoms with E-state index in [1.165, 1.54) is 11.5 Å². The number of carbonyl (C=O) groups is 1. The van der Waals surface area contributed by atoms with Crippen molar-refractivity contribution >= 4 is 39.8 Å². The first-order valence-electron chi connectivity index (χ1n) is 8.04. The number of benzene rings is 2. The predicted molar refractivity (Wildman–Crippen MR) is 104 cm³/mol. The third-order valence-corrected chi connectivity index (χ3v) is 4.26. The summed E-state index contributed by atoms with van der Waals surface area (Å²) in [6.07, 6.45) is -1.25. The van der Waals surface area contributed by atoms with E-state index >= 15 is 0 Å². The second kappa shape index (κ2) is 7.19. The van der Waals surface area contributed by atoms with E-state index in [2.05, 4.69) is 10.6 Å². The zero-order valence-electron chi connectivity index (χ0n) is 14.3. The molecule has 0 aliphatic heterocycles. The highest BCUT2D eigenvalue weighted by atomic mass is 35.5. The lowest BCUT2D eigenvalue weighted by Crippen LogP contribution is -2.31. The molecule has 0 aliphatic carbocycles. The van der Waals surface area contributed by atoms with Gasteiger partial charge in [0.1, 0.15) is 11.8 Å². The minimum absolute atomic E-state index is 0.0667. The molecule has 1 atom stereocenters. The standard InChI is InChI=1S/C19H18ClN3O3/c1-11(24)18(25)22-17-16(21-2)14-9-8-12(20)10-15(14)23(19(17)26)13-6-4-3-5-7-13/h3-11,21,24H,1-2H3,(H,22,25). The summed E-state index contributed by atoms with van der Waals surface area (Å²) in [6.45, 7) is 1.34. The molecule has 1 aromatic heterocycles. The van der Waals surface area contributed by atoms with Gasteiger partial charge in [-0.1, -0.05) is 29.8 Å². The van der Waals surface area contributed by atoms with Gasteiger partial charge in [0.25, 0.3) is 11.5 Å². The summed E-state index contributed by atoms with van der Waals surface area (Å²) >= 11 is 6.15. The Morgan fingerprint density at radius 1 is 1.15 bits per heavy atom. The Hall–Kier alpha value is -2.83. The van der Waals surface area contributed by atoms with Gasteiger partial charge < -0.3 is 15.7 Å². The molecule has 3 N–H and O–H groups in total. The number of fused-ring (bicyclic) bond motifs is 1. The highest BCUT2D eigenvalue weighted by molar-refractivity contribution is 6.31. The van der Waals surface area contributed by atoms with Gasteiger partial charge >= 0.3 is 0 Å². The first-order valence-corrected chi connectivity index (χ1v) is 8.42. The van der Waals surface area contributed by atoms with Crippen molar-refractivity contribution in [1.82, 2.24) is 4.57 Å². The molecule has 3 aromatic rings. The lowest BCUT2D eigenvalue weighted by atomic mass is 10.1. The van der Waals surface area contributed by atoms with Crippen LogP contribution in [0.4, 0.5) is 11.4 Å². The molecule has 7 heteroatoms. The average Bonchev–Trinajstić information content (AvgIpc) is 2.63. The van der Waals surface area contributed by atoms with Crippen LogP contribution in [-0.2, 0) is 4.79 Å². The van der Waals surface area contributed by atoms with E-state index in [1.807, 2.05) is 18.2 Å². The largest absolute Gasteiger partial charge is 0.386 e. The highest BCUT2D eigenvalue weighted by Crippen LogP contribution is 2.31. The molecule has 0 spiro atoms. The number of hydrogen-bond donors (Lipinski definition) is 3. The van der Waals surface area contributed by atoms with Gasteiger partial charge in [0.05, 0.1) is 11.2 Å². The molecule has 0 bridgehead atoms. The third kappa shape index (κ3) is 3.16. The number of hydrogen-bond acceptors (Lipinski definition) is 4. The van der Waals surface area contributed by atoms with Crippen molar-refractivity contribution in [3.63, 3.8) is 0 Å². The number of halogens is 1. The molecule has 0 saturated heterocycles. The molecule has 1 amide bonds. The summed E-state index contributed by atoms with van der Waals surface area (Å²) in [7, 11) is 1.66.